The molecule has 8 N–H and O–H groups in total. The molecule has 0 radical (unpaired) electrons. The largest absolute Gasteiger partial charge is 0.379 e. The van der Waals surface area contributed by atoms with E-state index in [9.17, 15) is 19.2 Å². The molecule has 4 aromatic carbocycles. The van der Waals surface area contributed by atoms with Gasteiger partial charge < -0.3 is 61.5 Å². The fraction of sp³-hybridized carbons (Fsp3) is 0.692. The molecule has 4 rings (SSSR count). The molecule has 0 saturated heterocycles. The van der Waals surface area contributed by atoms with Crippen molar-refractivity contribution in [1.82, 2.24) is 10.6 Å². The quantitative estimate of drug-likeness (QED) is 0.0319. The lowest BCUT2D eigenvalue weighted by Crippen LogP contribution is -2.36. The second-order valence-electron chi connectivity index (χ2n) is 21.5. The van der Waals surface area contributed by atoms with Crippen LogP contribution in [0.2, 0.25) is 0 Å². The van der Waals surface area contributed by atoms with Gasteiger partial charge >= 0.3 is 0 Å². The molecule has 0 atom stereocenters. The number of nitrogens with one attached hydrogen (secondary N) is 4. The third-order valence-corrected chi connectivity index (χ3v) is 12.7. The van der Waals surface area contributed by atoms with Crippen LogP contribution in [0.3, 0.4) is 0 Å². The van der Waals surface area contributed by atoms with Crippen molar-refractivity contribution in [2.24, 2.45) is 11.5 Å². The van der Waals surface area contributed by atoms with Crippen molar-refractivity contribution >= 4 is 71.6 Å². The average molecular weight is 1080 g/mol. The number of hydrogen-bond acceptors (Lipinski definition) is 20. The van der Waals surface area contributed by atoms with Gasteiger partial charge in [-0.1, -0.05) is 132 Å². The van der Waals surface area contributed by atoms with Gasteiger partial charge in [-0.25, -0.2) is 0 Å². The molecule has 0 aliphatic heterocycles. The highest BCUT2D eigenvalue weighted by Gasteiger charge is 2.32. The van der Waals surface area contributed by atoms with E-state index in [2.05, 4.69) is 83.6 Å². The molecule has 72 heavy (non-hydrogen) atoms. The molecule has 0 aliphatic rings. The third-order valence-electron chi connectivity index (χ3n) is 11.1. The van der Waals surface area contributed by atoms with E-state index >= 15 is 0 Å². The number of ether oxygens (including phenoxy) is 4. The Labute approximate surface area is 450 Å². The second-order valence-corrected chi connectivity index (χ2v) is 23.1. The number of nitrogens with zero attached hydrogens (tertiary/aromatic N) is 2. The number of anilines is 4. The zero-order valence-corrected chi connectivity index (χ0v) is 49.5. The van der Waals surface area contributed by atoms with Gasteiger partial charge in [-0.3, -0.25) is 19.2 Å². The maximum absolute atomic E-state index is 11.9. The molecule has 4 aromatic rings. The zero-order valence-electron chi connectivity index (χ0n) is 46.3. The maximum Gasteiger partial charge on any atom is 0.220 e. The molecule has 16 nitrogen and oxygen atoms in total. The van der Waals surface area contributed by atoms with E-state index in [0.29, 0.717) is 122 Å². The number of hydrogen-bond donors (Lipinski definition) is 6. The summed E-state index contributed by atoms with van der Waals surface area (Å²) >= 11 is 20.5. The molecular weight excluding hydrogens is 993 g/mol. The Morgan fingerprint density at radius 1 is 0.417 bits per heavy atom. The number of rotatable bonds is 26. The van der Waals surface area contributed by atoms with Gasteiger partial charge in [0.1, 0.15) is 0 Å². The summed E-state index contributed by atoms with van der Waals surface area (Å²) in [4.78, 5) is 50.9. The summed E-state index contributed by atoms with van der Waals surface area (Å²) in [6.07, 6.45) is 0. The summed E-state index contributed by atoms with van der Waals surface area (Å²) in [5.74, 6) is 0. The Balaban J connectivity index is 0.000000480. The first kappa shape index (κ1) is 66.9. The first-order valence-electron chi connectivity index (χ1n) is 24.6. The first-order valence-corrected chi connectivity index (χ1v) is 26.3. The molecule has 0 fully saturated rings. The van der Waals surface area contributed by atoms with Gasteiger partial charge in [0.2, 0.25) is 21.7 Å². The van der Waals surface area contributed by atoms with Gasteiger partial charge in [-0.2, -0.15) is 0 Å². The van der Waals surface area contributed by atoms with Gasteiger partial charge in [0.05, 0.1) is 93.6 Å². The van der Waals surface area contributed by atoms with Crippen LogP contribution in [0.4, 0.5) is 22.7 Å². The van der Waals surface area contributed by atoms with Crippen LogP contribution >= 0.6 is 48.9 Å². The average Bonchev–Trinajstić information content (AvgIpc) is 3.29. The fourth-order valence-corrected chi connectivity index (χ4v) is 9.50. The van der Waals surface area contributed by atoms with E-state index in [1.54, 1.807) is 0 Å². The van der Waals surface area contributed by atoms with Crippen LogP contribution in [0.1, 0.15) is 105 Å². The van der Waals surface area contributed by atoms with Gasteiger partial charge in [0, 0.05) is 88.7 Å². The van der Waals surface area contributed by atoms with E-state index in [1.807, 2.05) is 58.8 Å². The summed E-state index contributed by atoms with van der Waals surface area (Å²) in [6, 6.07) is 0. The van der Waals surface area contributed by atoms with E-state index in [-0.39, 0.29) is 43.4 Å². The van der Waals surface area contributed by atoms with Crippen molar-refractivity contribution in [2.75, 3.05) is 154 Å². The third kappa shape index (κ3) is 19.9. The van der Waals surface area contributed by atoms with Gasteiger partial charge in [-0.05, 0) is 35.8 Å². The second kappa shape index (κ2) is 31.1. The minimum Gasteiger partial charge on any atom is -0.379 e. The highest BCUT2D eigenvalue weighted by molar-refractivity contribution is 7.72. The van der Waals surface area contributed by atoms with Crippen LogP contribution in [0.5, 0.6) is 0 Å². The summed E-state index contributed by atoms with van der Waals surface area (Å²) < 4.78 is 23.3. The molecule has 0 aromatic heterocycles. The number of likely N-dealkylation sites (N-methyl/N-ethyl adjacent to an activating group) is 4. The highest BCUT2D eigenvalue weighted by atomic mass is 32.1. The summed E-state index contributed by atoms with van der Waals surface area (Å²) in [5, 5.41) is 12.2. The minimum absolute atomic E-state index is 0.00218. The van der Waals surface area contributed by atoms with Crippen LogP contribution in [-0.4, -0.2) is 133 Å². The molecule has 408 valence electrons. The van der Waals surface area contributed by atoms with Gasteiger partial charge in [0.15, 0.2) is 0 Å². The molecule has 20 heteroatoms. The van der Waals surface area contributed by atoms with Crippen molar-refractivity contribution in [2.45, 2.75) is 105 Å². The molecule has 0 heterocycles. The van der Waals surface area contributed by atoms with Crippen molar-refractivity contribution in [3.63, 3.8) is 0 Å². The SMILES string of the molecule is CC(C)(C)c1c(NCCOCCN)c(=O)c1=S.CN(CCOCCN)c1c(C(C)(C)C)c(=S)c1=O.CNCCOCCN(C)c1c(C(C)(C)C)c(=S)c1=O.CNCCOCCNc1c(C(C)(C)C)c(=S)c1=O. The predicted molar refractivity (Wildman–Crippen MR) is 311 cm³/mol. The number of nitrogens with two attached hydrogens (primary N) is 2. The Morgan fingerprint density at radius 3 is 0.972 bits per heavy atom. The Bertz CT molecular complexity index is 2560. The fourth-order valence-electron chi connectivity index (χ4n) is 7.48. The lowest BCUT2D eigenvalue weighted by molar-refractivity contribution is 0.144. The Morgan fingerprint density at radius 2 is 0.681 bits per heavy atom. The van der Waals surface area contributed by atoms with E-state index in [1.165, 1.54) is 0 Å². The minimum atomic E-state index is -0.0918. The van der Waals surface area contributed by atoms with E-state index < -0.39 is 0 Å². The maximum atomic E-state index is 11.9. The molecule has 0 spiro atoms. The normalized spacial score (nSPS) is 12.0. The molecule has 0 saturated carbocycles. The van der Waals surface area contributed by atoms with Crippen molar-refractivity contribution in [3.8, 4) is 0 Å². The van der Waals surface area contributed by atoms with Crippen molar-refractivity contribution < 1.29 is 18.9 Å². The summed E-state index contributed by atoms with van der Waals surface area (Å²) in [5.41, 5.74) is 16.9. The van der Waals surface area contributed by atoms with Gasteiger partial charge in [-0.15, -0.1) is 0 Å². The molecule has 0 aliphatic carbocycles. The van der Waals surface area contributed by atoms with Crippen molar-refractivity contribution in [1.29, 1.82) is 0 Å². The van der Waals surface area contributed by atoms with E-state index in [0.717, 1.165) is 46.7 Å². The lowest BCUT2D eigenvalue weighted by Gasteiger charge is -2.30. The van der Waals surface area contributed by atoms with Crippen LogP contribution < -0.4 is 64.2 Å². The highest BCUT2D eigenvalue weighted by Crippen LogP contribution is 2.35. The Kier molecular flexibility index (Phi) is 28.9. The van der Waals surface area contributed by atoms with Gasteiger partial charge in [0.25, 0.3) is 0 Å². The van der Waals surface area contributed by atoms with Crippen LogP contribution in [0.15, 0.2) is 19.2 Å². The summed E-state index contributed by atoms with van der Waals surface area (Å²) in [6.45, 7) is 34.8. The molecular formula is C52H88N8O8S4. The van der Waals surface area contributed by atoms with Crippen LogP contribution in [-0.2, 0) is 40.6 Å². The monoisotopic (exact) mass is 1080 g/mol. The molecule has 0 bridgehead atoms. The smallest absolute Gasteiger partial charge is 0.220 e. The van der Waals surface area contributed by atoms with Crippen LogP contribution in [0.25, 0.3) is 0 Å². The Hall–Kier alpha value is -3.12. The lowest BCUT2D eigenvalue weighted by atomic mass is 9.82. The zero-order chi connectivity index (χ0) is 55.4. The molecule has 0 unspecified atom stereocenters. The van der Waals surface area contributed by atoms with Crippen LogP contribution in [0, 0.1) is 18.0 Å². The van der Waals surface area contributed by atoms with Crippen molar-refractivity contribution in [3.05, 3.63) is 81.2 Å². The topological polar surface area (TPSA) is 212 Å². The first-order chi connectivity index (χ1) is 33.4. The summed E-state index contributed by atoms with van der Waals surface area (Å²) in [7, 11) is 7.59. The molecule has 0 amide bonds. The van der Waals surface area contributed by atoms with E-state index in [4.69, 9.17) is 79.3 Å². The predicted octanol–water partition coefficient (Wildman–Crippen LogP) is 5.92. The standard InChI is InChI=1S/C14H24N2O2S.2C13H22N2O2S.C12H20N2O2S/c1-14(2,3)10-11(12(17)13(10)19)16(5)7-9-18-8-6-15-4;1-13(2,3)9-10(11(16)12(9)18)15(4)6-8-17-7-5-14;1-13(2,3)9-10(11(16)12(9)18)15-6-8-17-7-5-14-4;1-12(2,3)8-9(10(15)11(8)17)14-5-7-16-6-4-13/h15H,6-9H2,1-5H3;5-8,14H2,1-4H3;14-15H,5-8H2,1-4H3;14H,4-7,13H2,1-3H3.